The van der Waals surface area contributed by atoms with E-state index < -0.39 is 0 Å². The second kappa shape index (κ2) is 9.67. The molecule has 3 aromatic rings. The topological polar surface area (TPSA) is 75.3 Å². The smallest absolute Gasteiger partial charge is 0.162 e. The summed E-state index contributed by atoms with van der Waals surface area (Å²) in [6, 6.07) is 6.05. The summed E-state index contributed by atoms with van der Waals surface area (Å²) < 4.78 is 0. The Morgan fingerprint density at radius 2 is 2.23 bits per heavy atom. The molecule has 3 heterocycles. The van der Waals surface area contributed by atoms with Crippen LogP contribution < -0.4 is 0 Å². The van der Waals surface area contributed by atoms with Gasteiger partial charge in [0.1, 0.15) is 28.0 Å². The van der Waals surface area contributed by atoms with E-state index >= 15 is 0 Å². The molecule has 0 bridgehead atoms. The van der Waals surface area contributed by atoms with Gasteiger partial charge in [-0.05, 0) is 24.3 Å². The van der Waals surface area contributed by atoms with Crippen LogP contribution in [-0.4, -0.2) is 30.8 Å². The van der Waals surface area contributed by atoms with Crippen molar-refractivity contribution in [1.82, 2.24) is 19.9 Å². The molecule has 3 aromatic heterocycles. The number of nitriles is 1. The number of rotatable bonds is 8. The second-order valence-corrected chi connectivity index (χ2v) is 8.48. The third-order valence-corrected chi connectivity index (χ3v) is 6.37. The lowest BCUT2D eigenvalue weighted by Gasteiger charge is -2.10. The van der Waals surface area contributed by atoms with Gasteiger partial charge in [-0.2, -0.15) is 17.0 Å². The Kier molecular flexibility index (Phi) is 7.00. The summed E-state index contributed by atoms with van der Waals surface area (Å²) in [5.74, 6) is 1.69. The molecule has 0 amide bonds. The van der Waals surface area contributed by atoms with Gasteiger partial charge in [0.2, 0.25) is 0 Å². The van der Waals surface area contributed by atoms with Gasteiger partial charge in [-0.1, -0.05) is 25.1 Å². The molecule has 0 saturated heterocycles. The van der Waals surface area contributed by atoms with Crippen molar-refractivity contribution < 1.29 is 0 Å². The molecule has 0 aliphatic rings. The van der Waals surface area contributed by atoms with E-state index in [1.54, 1.807) is 29.7 Å². The molecule has 0 aliphatic heterocycles. The third kappa shape index (κ3) is 4.61. The molecule has 0 spiro atoms. The van der Waals surface area contributed by atoms with Crippen molar-refractivity contribution in [2.24, 2.45) is 0 Å². The minimum Gasteiger partial charge on any atom is -0.264 e. The van der Waals surface area contributed by atoms with Crippen LogP contribution in [0.15, 0.2) is 40.4 Å². The van der Waals surface area contributed by atoms with E-state index in [4.69, 9.17) is 0 Å². The zero-order valence-corrected chi connectivity index (χ0v) is 16.7. The molecule has 26 heavy (non-hydrogen) atoms. The van der Waals surface area contributed by atoms with E-state index in [1.807, 2.05) is 29.3 Å². The van der Waals surface area contributed by atoms with Crippen molar-refractivity contribution in [3.63, 3.8) is 0 Å². The Balaban J connectivity index is 1.98. The first kappa shape index (κ1) is 18.8. The van der Waals surface area contributed by atoms with Crippen LogP contribution in [0.25, 0.3) is 22.8 Å². The Hall–Kier alpha value is -1.95. The maximum atomic E-state index is 9.71. The van der Waals surface area contributed by atoms with Gasteiger partial charge in [-0.3, -0.25) is 4.98 Å². The highest BCUT2D eigenvalue weighted by molar-refractivity contribution is 8.15. The Bertz CT molecular complexity index is 876. The molecule has 0 radical (unpaired) electrons. The summed E-state index contributed by atoms with van der Waals surface area (Å²) in [7, 11) is 0. The highest BCUT2D eigenvalue weighted by atomic mass is 32.2. The average molecular weight is 400 g/mol. The fourth-order valence-corrected chi connectivity index (χ4v) is 4.91. The number of pyridine rings is 1. The number of thioether (sulfide) groups is 2. The van der Waals surface area contributed by atoms with Crippen LogP contribution in [0.3, 0.4) is 0 Å². The molecule has 0 fully saturated rings. The van der Waals surface area contributed by atoms with Gasteiger partial charge in [0.15, 0.2) is 5.82 Å². The van der Waals surface area contributed by atoms with E-state index in [-0.39, 0.29) is 0 Å². The summed E-state index contributed by atoms with van der Waals surface area (Å²) in [5.41, 5.74) is 4.36. The molecule has 132 valence electrons. The number of nitrogens with zero attached hydrogens (tertiary/aromatic N) is 5. The van der Waals surface area contributed by atoms with Crippen LogP contribution in [0.5, 0.6) is 0 Å². The van der Waals surface area contributed by atoms with Gasteiger partial charge in [-0.25, -0.2) is 15.0 Å². The molecule has 0 aliphatic carbocycles. The second-order valence-electron chi connectivity index (χ2n) is 5.33. The first-order valence-electron chi connectivity index (χ1n) is 8.15. The predicted octanol–water partition coefficient (Wildman–Crippen LogP) is 5.12. The summed E-state index contributed by atoms with van der Waals surface area (Å²) in [5, 5.41) is 13.2. The standard InChI is InChI=1S/C18H17N5S3/c1-2-3-7-24-12-26-18-14(8-19)16(15-10-25-11-21-15)22-17(23-18)13-5-4-6-20-9-13/h4-6,9-11H,2-3,7,12H2,1H3. The van der Waals surface area contributed by atoms with E-state index in [0.29, 0.717) is 27.8 Å². The molecule has 0 saturated carbocycles. The van der Waals surface area contributed by atoms with Crippen molar-refractivity contribution in [1.29, 1.82) is 5.26 Å². The quantitative estimate of drug-likeness (QED) is 0.225. The molecule has 0 aromatic carbocycles. The molecule has 0 atom stereocenters. The Labute approximate surface area is 165 Å². The maximum Gasteiger partial charge on any atom is 0.162 e. The number of hydrogen-bond acceptors (Lipinski definition) is 8. The minimum atomic E-state index is 0.490. The van der Waals surface area contributed by atoms with Crippen molar-refractivity contribution in [3.8, 4) is 28.8 Å². The van der Waals surface area contributed by atoms with Crippen molar-refractivity contribution >= 4 is 34.9 Å². The molecular formula is C18H17N5S3. The van der Waals surface area contributed by atoms with E-state index in [1.165, 1.54) is 24.2 Å². The first-order chi connectivity index (χ1) is 12.8. The van der Waals surface area contributed by atoms with E-state index in [0.717, 1.165) is 16.4 Å². The molecular weight excluding hydrogens is 382 g/mol. The van der Waals surface area contributed by atoms with Gasteiger partial charge < -0.3 is 0 Å². The van der Waals surface area contributed by atoms with Gasteiger partial charge in [0.05, 0.1) is 5.51 Å². The highest BCUT2D eigenvalue weighted by Crippen LogP contribution is 2.32. The lowest BCUT2D eigenvalue weighted by atomic mass is 10.2. The van der Waals surface area contributed by atoms with Crippen LogP contribution in [0.1, 0.15) is 25.3 Å². The van der Waals surface area contributed by atoms with E-state index in [2.05, 4.69) is 32.9 Å². The largest absolute Gasteiger partial charge is 0.264 e. The van der Waals surface area contributed by atoms with Crippen LogP contribution in [-0.2, 0) is 0 Å². The SMILES string of the molecule is CCCCSCSc1nc(-c2cccnc2)nc(-c2cscn2)c1C#N. The van der Waals surface area contributed by atoms with Crippen LogP contribution >= 0.6 is 34.9 Å². The van der Waals surface area contributed by atoms with Crippen LogP contribution in [0, 0.1) is 11.3 Å². The van der Waals surface area contributed by atoms with Crippen molar-refractivity contribution in [2.45, 2.75) is 24.8 Å². The molecule has 0 N–H and O–H groups in total. The summed E-state index contributed by atoms with van der Waals surface area (Å²) in [6.45, 7) is 2.19. The zero-order chi connectivity index (χ0) is 18.2. The Morgan fingerprint density at radius 3 is 2.92 bits per heavy atom. The van der Waals surface area contributed by atoms with Gasteiger partial charge in [-0.15, -0.1) is 11.3 Å². The van der Waals surface area contributed by atoms with Crippen molar-refractivity contribution in [3.05, 3.63) is 41.0 Å². The number of thiazole rings is 1. The summed E-state index contributed by atoms with van der Waals surface area (Å²) in [4.78, 5) is 17.8. The Morgan fingerprint density at radius 1 is 1.31 bits per heavy atom. The van der Waals surface area contributed by atoms with Gasteiger partial charge >= 0.3 is 0 Å². The van der Waals surface area contributed by atoms with E-state index in [9.17, 15) is 5.26 Å². The monoisotopic (exact) mass is 399 g/mol. The fraction of sp³-hybridized carbons (Fsp3) is 0.278. The number of hydrogen-bond donors (Lipinski definition) is 0. The maximum absolute atomic E-state index is 9.71. The number of unbranched alkanes of at least 4 members (excludes halogenated alkanes) is 1. The van der Waals surface area contributed by atoms with Crippen LogP contribution in [0.4, 0.5) is 0 Å². The molecule has 3 rings (SSSR count). The lowest BCUT2D eigenvalue weighted by molar-refractivity contribution is 0.897. The normalized spacial score (nSPS) is 10.6. The van der Waals surface area contributed by atoms with Crippen molar-refractivity contribution in [2.75, 3.05) is 10.8 Å². The third-order valence-electron chi connectivity index (χ3n) is 3.50. The number of aromatic nitrogens is 4. The zero-order valence-electron chi connectivity index (χ0n) is 14.3. The van der Waals surface area contributed by atoms with Crippen LogP contribution in [0.2, 0.25) is 0 Å². The summed E-state index contributed by atoms with van der Waals surface area (Å²) in [6.07, 6.45) is 5.84. The molecule has 0 unspecified atom stereocenters. The predicted molar refractivity (Wildman–Crippen MR) is 109 cm³/mol. The average Bonchev–Trinajstić information content (AvgIpc) is 3.22. The van der Waals surface area contributed by atoms with Gasteiger partial charge in [0.25, 0.3) is 0 Å². The first-order valence-corrected chi connectivity index (χ1v) is 11.2. The minimum absolute atomic E-state index is 0.490. The van der Waals surface area contributed by atoms with Gasteiger partial charge in [0, 0.05) is 28.4 Å². The summed E-state index contributed by atoms with van der Waals surface area (Å²) >= 11 is 4.93. The fourth-order valence-electron chi connectivity index (χ4n) is 2.19. The molecule has 5 nitrogen and oxygen atoms in total. The molecule has 8 heteroatoms. The highest BCUT2D eigenvalue weighted by Gasteiger charge is 2.18. The lowest BCUT2D eigenvalue weighted by Crippen LogP contribution is -2.00.